The lowest BCUT2D eigenvalue weighted by Gasteiger charge is -2.28. The third-order valence-corrected chi connectivity index (χ3v) is 6.57. The van der Waals surface area contributed by atoms with Gasteiger partial charge < -0.3 is 24.4 Å². The lowest BCUT2D eigenvalue weighted by molar-refractivity contribution is 0.153. The molecule has 7 nitrogen and oxygen atoms in total. The van der Waals surface area contributed by atoms with Gasteiger partial charge in [0.1, 0.15) is 5.69 Å². The molecular weight excluding hydrogens is 460 g/mol. The molecule has 9 heteroatoms. The largest absolute Gasteiger partial charge is 0.383 e. The second-order valence-corrected chi connectivity index (χ2v) is 9.30. The van der Waals surface area contributed by atoms with Gasteiger partial charge in [-0.1, -0.05) is 53.2 Å². The molecule has 0 saturated carbocycles. The SMILES string of the molecule is COCCN(Cc1c(-c2ccccc2)noc1N1CCSCC1)C(=O)Nc1cccc(Cl)c1. The number of carbonyl (C=O) groups excluding carboxylic acids is 1. The van der Waals surface area contributed by atoms with Gasteiger partial charge >= 0.3 is 6.03 Å². The van der Waals surface area contributed by atoms with E-state index in [-0.39, 0.29) is 6.03 Å². The molecule has 1 fully saturated rings. The number of methoxy groups -OCH3 is 1. The molecule has 0 atom stereocenters. The van der Waals surface area contributed by atoms with Crippen molar-refractivity contribution in [3.8, 4) is 11.3 Å². The first kappa shape index (κ1) is 23.5. The Morgan fingerprint density at radius 3 is 2.73 bits per heavy atom. The fourth-order valence-electron chi connectivity index (χ4n) is 3.69. The average Bonchev–Trinajstić information content (AvgIpc) is 3.26. The molecule has 1 N–H and O–H groups in total. The Hall–Kier alpha value is -2.68. The number of aromatic nitrogens is 1. The molecule has 174 valence electrons. The molecule has 1 aromatic heterocycles. The van der Waals surface area contributed by atoms with Gasteiger partial charge in [0, 0.05) is 54.5 Å². The fourth-order valence-corrected chi connectivity index (χ4v) is 4.79. The van der Waals surface area contributed by atoms with Crippen molar-refractivity contribution in [3.05, 3.63) is 65.2 Å². The number of benzene rings is 2. The number of halogens is 1. The van der Waals surface area contributed by atoms with Crippen LogP contribution >= 0.6 is 23.4 Å². The van der Waals surface area contributed by atoms with Gasteiger partial charge in [-0.2, -0.15) is 11.8 Å². The number of anilines is 2. The summed E-state index contributed by atoms with van der Waals surface area (Å²) >= 11 is 8.02. The number of nitrogens with zero attached hydrogens (tertiary/aromatic N) is 3. The summed E-state index contributed by atoms with van der Waals surface area (Å²) in [5, 5.41) is 7.92. The van der Waals surface area contributed by atoms with Gasteiger partial charge in [-0.25, -0.2) is 4.79 Å². The van der Waals surface area contributed by atoms with Crippen LogP contribution in [0.3, 0.4) is 0 Å². The minimum absolute atomic E-state index is 0.241. The fraction of sp³-hybridized carbons (Fsp3) is 0.333. The third kappa shape index (κ3) is 6.01. The van der Waals surface area contributed by atoms with E-state index in [1.807, 2.05) is 48.2 Å². The molecule has 2 aromatic carbocycles. The molecule has 33 heavy (non-hydrogen) atoms. The molecular formula is C24H27ClN4O3S. The van der Waals surface area contributed by atoms with Gasteiger partial charge in [-0.3, -0.25) is 0 Å². The molecule has 4 rings (SSSR count). The molecule has 2 heterocycles. The van der Waals surface area contributed by atoms with Crippen LogP contribution in [0.25, 0.3) is 11.3 Å². The Labute approximate surface area is 203 Å². The molecule has 0 bridgehead atoms. The number of rotatable bonds is 8. The van der Waals surface area contributed by atoms with E-state index in [4.69, 9.17) is 20.9 Å². The first-order chi connectivity index (χ1) is 16.2. The first-order valence-corrected chi connectivity index (χ1v) is 12.4. The van der Waals surface area contributed by atoms with Crippen LogP contribution in [0, 0.1) is 0 Å². The molecule has 1 aliphatic rings. The summed E-state index contributed by atoms with van der Waals surface area (Å²) < 4.78 is 11.1. The van der Waals surface area contributed by atoms with Crippen molar-refractivity contribution in [3.63, 3.8) is 0 Å². The summed E-state index contributed by atoms with van der Waals surface area (Å²) in [4.78, 5) is 17.2. The van der Waals surface area contributed by atoms with Crippen molar-refractivity contribution in [1.82, 2.24) is 10.1 Å². The van der Waals surface area contributed by atoms with E-state index in [0.717, 1.165) is 47.3 Å². The average molecular weight is 487 g/mol. The number of urea groups is 1. The maximum absolute atomic E-state index is 13.2. The Kier molecular flexibility index (Phi) is 8.15. The zero-order valence-corrected chi connectivity index (χ0v) is 20.1. The van der Waals surface area contributed by atoms with E-state index >= 15 is 0 Å². The molecule has 2 amide bonds. The minimum atomic E-state index is -0.241. The quantitative estimate of drug-likeness (QED) is 0.470. The molecule has 1 aliphatic heterocycles. The summed E-state index contributed by atoms with van der Waals surface area (Å²) in [6.45, 7) is 2.92. The van der Waals surface area contributed by atoms with Crippen LogP contribution < -0.4 is 10.2 Å². The van der Waals surface area contributed by atoms with Crippen molar-refractivity contribution in [2.75, 3.05) is 55.1 Å². The Morgan fingerprint density at radius 1 is 1.21 bits per heavy atom. The molecule has 0 unspecified atom stereocenters. The minimum Gasteiger partial charge on any atom is -0.383 e. The second-order valence-electron chi connectivity index (χ2n) is 7.64. The zero-order valence-electron chi connectivity index (χ0n) is 18.5. The van der Waals surface area contributed by atoms with E-state index in [0.29, 0.717) is 30.4 Å². The van der Waals surface area contributed by atoms with Crippen LogP contribution in [0.15, 0.2) is 59.1 Å². The van der Waals surface area contributed by atoms with Crippen LogP contribution in [0.5, 0.6) is 0 Å². The predicted octanol–water partition coefficient (Wildman–Crippen LogP) is 5.23. The Balaban J connectivity index is 1.64. The monoisotopic (exact) mass is 486 g/mol. The van der Waals surface area contributed by atoms with Gasteiger partial charge in [0.25, 0.3) is 0 Å². The number of nitrogens with one attached hydrogen (secondary N) is 1. The Morgan fingerprint density at radius 2 is 2.00 bits per heavy atom. The van der Waals surface area contributed by atoms with Crippen LogP contribution in [0.4, 0.5) is 16.4 Å². The maximum atomic E-state index is 13.2. The van der Waals surface area contributed by atoms with Crippen LogP contribution in [-0.4, -0.2) is 60.9 Å². The molecule has 0 aliphatic carbocycles. The summed E-state index contributed by atoms with van der Waals surface area (Å²) in [6.07, 6.45) is 0. The standard InChI is InChI=1S/C24H27ClN4O3S/c1-31-13-10-29(24(30)26-20-9-5-8-19(25)16-20)17-21-22(18-6-3-2-4-7-18)27-32-23(21)28-11-14-33-15-12-28/h2-9,16H,10-15,17H2,1H3,(H,26,30). The topological polar surface area (TPSA) is 70.8 Å². The maximum Gasteiger partial charge on any atom is 0.322 e. The summed E-state index contributed by atoms with van der Waals surface area (Å²) in [5.74, 6) is 2.79. The molecule has 3 aromatic rings. The van der Waals surface area contributed by atoms with E-state index in [1.165, 1.54) is 0 Å². The van der Waals surface area contributed by atoms with E-state index in [2.05, 4.69) is 15.4 Å². The Bertz CT molecular complexity index is 1060. The van der Waals surface area contributed by atoms with Gasteiger partial charge in [0.05, 0.1) is 18.7 Å². The van der Waals surface area contributed by atoms with Gasteiger partial charge in [0.2, 0.25) is 5.88 Å². The first-order valence-electron chi connectivity index (χ1n) is 10.8. The summed E-state index contributed by atoms with van der Waals surface area (Å²) in [7, 11) is 1.62. The molecule has 0 spiro atoms. The predicted molar refractivity (Wildman–Crippen MR) is 134 cm³/mol. The highest BCUT2D eigenvalue weighted by molar-refractivity contribution is 7.99. The number of ether oxygens (including phenoxy) is 1. The zero-order chi connectivity index (χ0) is 23.0. The number of thioether (sulfide) groups is 1. The van der Waals surface area contributed by atoms with E-state index < -0.39 is 0 Å². The lowest BCUT2D eigenvalue weighted by atomic mass is 10.1. The van der Waals surface area contributed by atoms with Crippen LogP contribution in [0.2, 0.25) is 5.02 Å². The summed E-state index contributed by atoms with van der Waals surface area (Å²) in [5.41, 5.74) is 3.24. The highest BCUT2D eigenvalue weighted by atomic mass is 35.5. The smallest absolute Gasteiger partial charge is 0.322 e. The number of hydrogen-bond donors (Lipinski definition) is 1. The molecule has 0 radical (unpaired) electrons. The third-order valence-electron chi connectivity index (χ3n) is 5.39. The summed E-state index contributed by atoms with van der Waals surface area (Å²) in [6, 6.07) is 16.8. The highest BCUT2D eigenvalue weighted by Crippen LogP contribution is 2.33. The van der Waals surface area contributed by atoms with Crippen molar-refractivity contribution >= 4 is 41.0 Å². The normalized spacial score (nSPS) is 13.7. The second kappa shape index (κ2) is 11.4. The van der Waals surface area contributed by atoms with Gasteiger partial charge in [-0.15, -0.1) is 0 Å². The van der Waals surface area contributed by atoms with Crippen LogP contribution in [-0.2, 0) is 11.3 Å². The van der Waals surface area contributed by atoms with E-state index in [9.17, 15) is 4.79 Å². The van der Waals surface area contributed by atoms with Crippen molar-refractivity contribution in [2.24, 2.45) is 0 Å². The van der Waals surface area contributed by atoms with Crippen LogP contribution in [0.1, 0.15) is 5.56 Å². The lowest BCUT2D eigenvalue weighted by Crippen LogP contribution is -2.38. The van der Waals surface area contributed by atoms with E-state index in [1.54, 1.807) is 30.2 Å². The number of carbonyl (C=O) groups is 1. The number of amides is 2. The van der Waals surface area contributed by atoms with Crippen molar-refractivity contribution in [1.29, 1.82) is 0 Å². The molecule has 1 saturated heterocycles. The van der Waals surface area contributed by atoms with Crippen molar-refractivity contribution < 1.29 is 14.1 Å². The van der Waals surface area contributed by atoms with Gasteiger partial charge in [-0.05, 0) is 18.2 Å². The number of hydrogen-bond acceptors (Lipinski definition) is 6. The highest BCUT2D eigenvalue weighted by Gasteiger charge is 2.27. The van der Waals surface area contributed by atoms with Crippen molar-refractivity contribution in [2.45, 2.75) is 6.54 Å². The van der Waals surface area contributed by atoms with Gasteiger partial charge in [0.15, 0.2) is 0 Å².